The van der Waals surface area contributed by atoms with E-state index in [0.29, 0.717) is 11.3 Å². The topological polar surface area (TPSA) is 96.9 Å². The van der Waals surface area contributed by atoms with E-state index in [4.69, 9.17) is 16.3 Å². The third kappa shape index (κ3) is 6.22. The van der Waals surface area contributed by atoms with Crippen LogP contribution >= 0.6 is 11.6 Å². The van der Waals surface area contributed by atoms with E-state index in [-0.39, 0.29) is 16.3 Å². The van der Waals surface area contributed by atoms with Gasteiger partial charge in [0.05, 0.1) is 16.8 Å². The average Bonchev–Trinajstić information content (AvgIpc) is 2.76. The maximum Gasteiger partial charge on any atom is 0.345 e. The summed E-state index contributed by atoms with van der Waals surface area (Å²) in [7, 11) is 0. The van der Waals surface area contributed by atoms with E-state index in [1.54, 1.807) is 48.5 Å². The van der Waals surface area contributed by atoms with E-state index in [0.717, 1.165) is 12.1 Å². The second-order valence-corrected chi connectivity index (χ2v) is 6.51. The Hall–Kier alpha value is -4.04. The van der Waals surface area contributed by atoms with E-state index >= 15 is 0 Å². The molecule has 0 fully saturated rings. The van der Waals surface area contributed by atoms with Crippen molar-refractivity contribution in [2.45, 2.75) is 0 Å². The van der Waals surface area contributed by atoms with E-state index in [9.17, 15) is 18.8 Å². The maximum atomic E-state index is 12.9. The van der Waals surface area contributed by atoms with Gasteiger partial charge in [-0.05, 0) is 66.2 Å². The van der Waals surface area contributed by atoms with Gasteiger partial charge in [0, 0.05) is 5.69 Å². The second kappa shape index (κ2) is 10.1. The summed E-state index contributed by atoms with van der Waals surface area (Å²) in [5.41, 5.74) is 3.18. The molecule has 0 aliphatic heterocycles. The summed E-state index contributed by atoms with van der Waals surface area (Å²) in [6.07, 6.45) is 1.31. The smallest absolute Gasteiger partial charge is 0.345 e. The van der Waals surface area contributed by atoms with Gasteiger partial charge in [-0.3, -0.25) is 9.59 Å². The lowest BCUT2D eigenvalue weighted by molar-refractivity contribution is -0.136. The fourth-order valence-electron chi connectivity index (χ4n) is 2.35. The molecule has 0 aromatic heterocycles. The first kappa shape index (κ1) is 21.7. The van der Waals surface area contributed by atoms with Gasteiger partial charge in [0.15, 0.2) is 0 Å². The number of hydrazone groups is 1. The molecule has 0 atom stereocenters. The zero-order valence-corrected chi connectivity index (χ0v) is 16.6. The quantitative estimate of drug-likeness (QED) is 0.208. The first-order chi connectivity index (χ1) is 14.9. The van der Waals surface area contributed by atoms with Crippen LogP contribution in [-0.2, 0) is 9.59 Å². The molecule has 156 valence electrons. The molecule has 0 heterocycles. The van der Waals surface area contributed by atoms with Gasteiger partial charge in [-0.2, -0.15) is 5.10 Å². The van der Waals surface area contributed by atoms with Crippen LogP contribution in [0, 0.1) is 5.82 Å². The van der Waals surface area contributed by atoms with Gasteiger partial charge < -0.3 is 10.1 Å². The summed E-state index contributed by atoms with van der Waals surface area (Å²) in [5, 5.41) is 6.30. The highest BCUT2D eigenvalue weighted by Crippen LogP contribution is 2.19. The predicted molar refractivity (Wildman–Crippen MR) is 114 cm³/mol. The lowest BCUT2D eigenvalue weighted by atomic mass is 10.2. The number of hydrogen-bond acceptors (Lipinski definition) is 5. The number of rotatable bonds is 5. The Morgan fingerprint density at radius 2 is 1.58 bits per heavy atom. The van der Waals surface area contributed by atoms with E-state index in [1.807, 2.05) is 0 Å². The highest BCUT2D eigenvalue weighted by atomic mass is 35.5. The highest BCUT2D eigenvalue weighted by molar-refractivity contribution is 6.39. The SMILES string of the molecule is O=C(N/N=C\c1ccc(OC(=O)c2ccccc2Cl)cc1)C(=O)Nc1ccc(F)cc1. The van der Waals surface area contributed by atoms with Crippen molar-refractivity contribution >= 4 is 41.3 Å². The zero-order valence-electron chi connectivity index (χ0n) is 15.8. The zero-order chi connectivity index (χ0) is 22.2. The van der Waals surface area contributed by atoms with Gasteiger partial charge in [-0.25, -0.2) is 14.6 Å². The number of benzene rings is 3. The minimum atomic E-state index is -0.995. The number of ether oxygens (including phenoxy) is 1. The van der Waals surface area contributed by atoms with Crippen molar-refractivity contribution in [1.82, 2.24) is 5.43 Å². The molecule has 0 saturated carbocycles. The number of carbonyl (C=O) groups excluding carboxylic acids is 3. The molecule has 0 aliphatic carbocycles. The van der Waals surface area contributed by atoms with E-state index < -0.39 is 23.6 Å². The van der Waals surface area contributed by atoms with Gasteiger partial charge in [0.1, 0.15) is 11.6 Å². The molecule has 3 rings (SSSR count). The summed E-state index contributed by atoms with van der Waals surface area (Å²) < 4.78 is 18.1. The Labute approximate surface area is 181 Å². The minimum Gasteiger partial charge on any atom is -0.423 e. The highest BCUT2D eigenvalue weighted by Gasteiger charge is 2.13. The third-order valence-electron chi connectivity index (χ3n) is 3.87. The average molecular weight is 440 g/mol. The molecule has 0 spiro atoms. The van der Waals surface area contributed by atoms with Crippen LogP contribution in [-0.4, -0.2) is 24.0 Å². The van der Waals surface area contributed by atoms with Crippen LogP contribution in [0.15, 0.2) is 77.9 Å². The van der Waals surface area contributed by atoms with Crippen LogP contribution < -0.4 is 15.5 Å². The third-order valence-corrected chi connectivity index (χ3v) is 4.20. The lowest BCUT2D eigenvalue weighted by Gasteiger charge is -2.06. The molecule has 7 nitrogen and oxygen atoms in total. The van der Waals surface area contributed by atoms with Crippen molar-refractivity contribution in [1.29, 1.82) is 0 Å². The van der Waals surface area contributed by atoms with Crippen LogP contribution in [0.2, 0.25) is 5.02 Å². The molecular weight excluding hydrogens is 425 g/mol. The molecule has 0 bridgehead atoms. The Morgan fingerprint density at radius 1 is 0.903 bits per heavy atom. The van der Waals surface area contributed by atoms with Crippen LogP contribution in [0.3, 0.4) is 0 Å². The van der Waals surface area contributed by atoms with Crippen LogP contribution in [0.5, 0.6) is 5.75 Å². The molecule has 2 N–H and O–H groups in total. The Balaban J connectivity index is 1.51. The summed E-state index contributed by atoms with van der Waals surface area (Å²) in [6, 6.07) is 17.8. The van der Waals surface area contributed by atoms with Crippen molar-refractivity contribution in [3.05, 3.63) is 94.8 Å². The lowest BCUT2D eigenvalue weighted by Crippen LogP contribution is -2.32. The molecule has 0 radical (unpaired) electrons. The van der Waals surface area contributed by atoms with Crippen LogP contribution in [0.25, 0.3) is 0 Å². The number of esters is 1. The molecule has 0 saturated heterocycles. The second-order valence-electron chi connectivity index (χ2n) is 6.10. The van der Waals surface area contributed by atoms with Gasteiger partial charge in [0.25, 0.3) is 0 Å². The number of amides is 2. The van der Waals surface area contributed by atoms with Crippen molar-refractivity contribution in [2.24, 2.45) is 5.10 Å². The minimum absolute atomic E-state index is 0.247. The van der Waals surface area contributed by atoms with Gasteiger partial charge in [-0.1, -0.05) is 23.7 Å². The largest absolute Gasteiger partial charge is 0.423 e. The van der Waals surface area contributed by atoms with Gasteiger partial charge in [0.2, 0.25) is 0 Å². The molecule has 0 unspecified atom stereocenters. The molecule has 3 aromatic carbocycles. The standard InChI is InChI=1S/C22H15ClFN3O4/c23-19-4-2-1-3-18(19)22(30)31-17-11-5-14(6-12-17)13-25-27-21(29)20(28)26-16-9-7-15(24)8-10-16/h1-13H,(H,26,28)(H,27,29)/b25-13-. The predicted octanol–water partition coefficient (Wildman–Crippen LogP) is 3.79. The van der Waals surface area contributed by atoms with Gasteiger partial charge in [-0.15, -0.1) is 0 Å². The van der Waals surface area contributed by atoms with Crippen molar-refractivity contribution < 1.29 is 23.5 Å². The number of nitrogens with zero attached hydrogens (tertiary/aromatic N) is 1. The molecule has 3 aromatic rings. The molecular formula is C22H15ClFN3O4. The summed E-state index contributed by atoms with van der Waals surface area (Å²) >= 11 is 5.97. The summed E-state index contributed by atoms with van der Waals surface area (Å²) in [4.78, 5) is 35.7. The maximum absolute atomic E-state index is 12.9. The Kier molecular flexibility index (Phi) is 7.08. The molecule has 0 aliphatic rings. The Bertz CT molecular complexity index is 1130. The van der Waals surface area contributed by atoms with Crippen molar-refractivity contribution in [3.63, 3.8) is 0 Å². The Morgan fingerprint density at radius 3 is 2.26 bits per heavy atom. The van der Waals surface area contributed by atoms with Crippen molar-refractivity contribution in [2.75, 3.05) is 5.32 Å². The molecule has 9 heteroatoms. The van der Waals surface area contributed by atoms with Crippen molar-refractivity contribution in [3.8, 4) is 5.75 Å². The summed E-state index contributed by atoms with van der Waals surface area (Å²) in [6.45, 7) is 0. The fourth-order valence-corrected chi connectivity index (χ4v) is 2.56. The molecule has 31 heavy (non-hydrogen) atoms. The molecule has 2 amide bonds. The van der Waals surface area contributed by atoms with E-state index in [1.165, 1.54) is 18.3 Å². The van der Waals surface area contributed by atoms with Crippen LogP contribution in [0.4, 0.5) is 10.1 Å². The van der Waals surface area contributed by atoms with Crippen LogP contribution in [0.1, 0.15) is 15.9 Å². The number of hydrogen-bond donors (Lipinski definition) is 2. The normalized spacial score (nSPS) is 10.5. The first-order valence-electron chi connectivity index (χ1n) is 8.89. The number of halogens is 2. The first-order valence-corrected chi connectivity index (χ1v) is 9.27. The van der Waals surface area contributed by atoms with E-state index in [2.05, 4.69) is 15.8 Å². The number of anilines is 1. The van der Waals surface area contributed by atoms with Gasteiger partial charge >= 0.3 is 17.8 Å². The monoisotopic (exact) mass is 439 g/mol. The number of nitrogens with one attached hydrogen (secondary N) is 2. The summed E-state index contributed by atoms with van der Waals surface area (Å²) in [5.74, 6) is -2.70. The fraction of sp³-hybridized carbons (Fsp3) is 0. The number of carbonyl (C=O) groups is 3.